The second kappa shape index (κ2) is 10.8. The molecule has 0 saturated carbocycles. The highest BCUT2D eigenvalue weighted by Gasteiger charge is 2.49. The first-order valence-corrected chi connectivity index (χ1v) is 8.82. The molecular weight excluding hydrogens is 329 g/mol. The van der Waals surface area contributed by atoms with E-state index in [1.165, 1.54) is 7.11 Å². The van der Waals surface area contributed by atoms with Gasteiger partial charge in [-0.2, -0.15) is 0 Å². The summed E-state index contributed by atoms with van der Waals surface area (Å²) < 4.78 is 24.2. The molecule has 0 aliphatic heterocycles. The molecule has 0 N–H and O–H groups in total. The van der Waals surface area contributed by atoms with E-state index < -0.39 is 17.6 Å². The molecule has 0 spiro atoms. The van der Waals surface area contributed by atoms with E-state index in [1.807, 2.05) is 0 Å². The second-order valence-corrected chi connectivity index (χ2v) is 5.79. The lowest BCUT2D eigenvalue weighted by Gasteiger charge is -2.21. The van der Waals surface area contributed by atoms with Crippen LogP contribution in [-0.4, -0.2) is 43.6 Å². The number of esters is 2. The molecule has 1 aliphatic rings. The van der Waals surface area contributed by atoms with Crippen molar-refractivity contribution in [1.82, 2.24) is 0 Å². The van der Waals surface area contributed by atoms with Gasteiger partial charge >= 0.3 is 17.6 Å². The molecule has 0 atom stereocenters. The van der Waals surface area contributed by atoms with Gasteiger partial charge in [-0.3, -0.25) is 0 Å². The molecule has 0 aromatic rings. The average molecular weight is 357 g/mol. The van der Waals surface area contributed by atoms with Gasteiger partial charge in [0.25, 0.3) is 0 Å². The van der Waals surface area contributed by atoms with Crippen LogP contribution in [0.25, 0.3) is 0 Å². The molecule has 0 aromatic carbocycles. The predicted octanol–water partition coefficient (Wildman–Crippen LogP) is 3.49. The number of alkyl halides is 1. The topological polar surface area (TPSA) is 74.2 Å². The number of nitrogens with zero attached hydrogens (tertiary/aromatic N) is 1. The Morgan fingerprint density at radius 2 is 1.80 bits per heavy atom. The first-order valence-electron chi connectivity index (χ1n) is 8.82. The largest absolute Gasteiger partial charge is 0.463 e. The van der Waals surface area contributed by atoms with Gasteiger partial charge in [-0.15, -0.1) is 0 Å². The van der Waals surface area contributed by atoms with Crippen LogP contribution in [0.1, 0.15) is 58.8 Å². The Kier molecular flexibility index (Phi) is 9.16. The fourth-order valence-corrected chi connectivity index (χ4v) is 2.76. The number of unbranched alkanes of at least 4 members (excludes halogenated alkanes) is 2. The molecular formula is C18H28FNO5. The Morgan fingerprint density at radius 3 is 2.36 bits per heavy atom. The van der Waals surface area contributed by atoms with Crippen molar-refractivity contribution in [2.45, 2.75) is 64.5 Å². The van der Waals surface area contributed by atoms with Crippen LogP contribution in [-0.2, 0) is 23.9 Å². The zero-order valence-electron chi connectivity index (χ0n) is 15.3. The lowest BCUT2D eigenvalue weighted by Crippen LogP contribution is -2.45. The van der Waals surface area contributed by atoms with E-state index >= 15 is 0 Å². The summed E-state index contributed by atoms with van der Waals surface area (Å²) >= 11 is 0. The van der Waals surface area contributed by atoms with E-state index in [9.17, 15) is 14.0 Å². The van der Waals surface area contributed by atoms with E-state index in [2.05, 4.69) is 11.2 Å². The van der Waals surface area contributed by atoms with Crippen LogP contribution in [0, 0.1) is 0 Å². The number of ether oxygens (including phenoxy) is 2. The number of hydrogen-bond donors (Lipinski definition) is 0. The highest BCUT2D eigenvalue weighted by molar-refractivity contribution is 6.03. The molecule has 0 aromatic heterocycles. The molecule has 1 rings (SSSR count). The van der Waals surface area contributed by atoms with E-state index in [0.29, 0.717) is 12.8 Å². The highest BCUT2D eigenvalue weighted by atomic mass is 19.1. The summed E-state index contributed by atoms with van der Waals surface area (Å²) in [6, 6.07) is 0. The van der Waals surface area contributed by atoms with Crippen molar-refractivity contribution in [2.75, 3.05) is 20.3 Å². The molecule has 7 heteroatoms. The van der Waals surface area contributed by atoms with Crippen molar-refractivity contribution in [1.29, 1.82) is 0 Å². The number of carbonyl (C=O) groups excluding carboxylic acids is 2. The van der Waals surface area contributed by atoms with Gasteiger partial charge in [0, 0.05) is 6.42 Å². The fourth-order valence-electron chi connectivity index (χ4n) is 2.76. The molecule has 6 nitrogen and oxygen atoms in total. The van der Waals surface area contributed by atoms with Gasteiger partial charge in [-0.25, -0.2) is 14.0 Å². The van der Waals surface area contributed by atoms with Crippen molar-refractivity contribution in [2.24, 2.45) is 5.16 Å². The van der Waals surface area contributed by atoms with Gasteiger partial charge in [-0.05, 0) is 51.5 Å². The number of rotatable bonds is 11. The number of halogens is 1. The lowest BCUT2D eigenvalue weighted by atomic mass is 9.96. The van der Waals surface area contributed by atoms with Crippen molar-refractivity contribution in [3.63, 3.8) is 0 Å². The summed E-state index contributed by atoms with van der Waals surface area (Å²) in [5.74, 6) is -2.33. The Bertz CT molecular complexity index is 498. The van der Waals surface area contributed by atoms with Gasteiger partial charge < -0.3 is 14.3 Å². The van der Waals surface area contributed by atoms with Gasteiger partial charge in [0.1, 0.15) is 7.11 Å². The van der Waals surface area contributed by atoms with Crippen LogP contribution >= 0.6 is 0 Å². The number of hydrogen-bond acceptors (Lipinski definition) is 6. The number of allylic oxidation sites excluding steroid dienone is 2. The molecule has 0 amide bonds. The summed E-state index contributed by atoms with van der Waals surface area (Å²) in [5, 5.41) is 4.00. The van der Waals surface area contributed by atoms with Gasteiger partial charge in [-0.1, -0.05) is 17.7 Å². The van der Waals surface area contributed by atoms with E-state index in [0.717, 1.165) is 37.0 Å². The molecule has 0 unspecified atom stereocenters. The molecule has 0 fully saturated rings. The molecule has 0 bridgehead atoms. The Morgan fingerprint density at radius 1 is 1.16 bits per heavy atom. The average Bonchev–Trinajstić information content (AvgIpc) is 3.02. The SMILES string of the molecule is CCOC(=O)C(F)(CCCCCC1=CCCC1=NOC)C(=O)OCC. The van der Waals surface area contributed by atoms with E-state index in [4.69, 9.17) is 14.3 Å². The summed E-state index contributed by atoms with van der Waals surface area (Å²) in [6.45, 7) is 3.16. The van der Waals surface area contributed by atoms with Gasteiger partial charge in [0.15, 0.2) is 0 Å². The van der Waals surface area contributed by atoms with Crippen molar-refractivity contribution in [3.8, 4) is 0 Å². The van der Waals surface area contributed by atoms with Crippen LogP contribution < -0.4 is 0 Å². The van der Waals surface area contributed by atoms with Crippen LogP contribution in [0.2, 0.25) is 0 Å². The second-order valence-electron chi connectivity index (χ2n) is 5.79. The third-order valence-electron chi connectivity index (χ3n) is 4.01. The number of carbonyl (C=O) groups is 2. The summed E-state index contributed by atoms with van der Waals surface area (Å²) in [6.07, 6.45) is 6.44. The minimum atomic E-state index is -2.72. The minimum absolute atomic E-state index is 0.0136. The standard InChI is InChI=1S/C18H28FNO5/c1-4-24-16(21)18(19,17(22)25-5-2)13-8-6-7-10-14-11-9-12-15(14)20-23-3/h11H,4-10,12-13H2,1-3H3. The Hall–Kier alpha value is -1.92. The van der Waals surface area contributed by atoms with Crippen LogP contribution in [0.5, 0.6) is 0 Å². The molecule has 0 radical (unpaired) electrons. The number of oxime groups is 1. The highest BCUT2D eigenvalue weighted by Crippen LogP contribution is 2.26. The maximum atomic E-state index is 14.8. The minimum Gasteiger partial charge on any atom is -0.463 e. The molecule has 25 heavy (non-hydrogen) atoms. The normalized spacial score (nSPS) is 15.8. The first-order chi connectivity index (χ1) is 12.0. The Labute approximate surface area is 148 Å². The maximum Gasteiger partial charge on any atom is 0.355 e. The van der Waals surface area contributed by atoms with Crippen LogP contribution in [0.3, 0.4) is 0 Å². The summed E-state index contributed by atoms with van der Waals surface area (Å²) in [7, 11) is 1.52. The van der Waals surface area contributed by atoms with Gasteiger partial charge in [0.2, 0.25) is 0 Å². The van der Waals surface area contributed by atoms with E-state index in [-0.39, 0.29) is 19.6 Å². The Balaban J connectivity index is 2.48. The smallest absolute Gasteiger partial charge is 0.355 e. The summed E-state index contributed by atoms with van der Waals surface area (Å²) in [4.78, 5) is 28.5. The predicted molar refractivity (Wildman–Crippen MR) is 92.0 cm³/mol. The van der Waals surface area contributed by atoms with Crippen LogP contribution in [0.4, 0.5) is 4.39 Å². The van der Waals surface area contributed by atoms with Crippen LogP contribution in [0.15, 0.2) is 16.8 Å². The molecule has 0 heterocycles. The van der Waals surface area contributed by atoms with Gasteiger partial charge in [0.05, 0.1) is 18.9 Å². The van der Waals surface area contributed by atoms with Crippen molar-refractivity contribution >= 4 is 17.7 Å². The fraction of sp³-hybridized carbons (Fsp3) is 0.722. The third-order valence-corrected chi connectivity index (χ3v) is 4.01. The molecule has 0 saturated heterocycles. The maximum absolute atomic E-state index is 14.8. The molecule has 1 aliphatic carbocycles. The molecule has 142 valence electrons. The van der Waals surface area contributed by atoms with Crippen molar-refractivity contribution < 1.29 is 28.3 Å². The third kappa shape index (κ3) is 6.14. The zero-order valence-corrected chi connectivity index (χ0v) is 15.3. The van der Waals surface area contributed by atoms with Crippen molar-refractivity contribution in [3.05, 3.63) is 11.6 Å². The quantitative estimate of drug-likeness (QED) is 0.245. The summed E-state index contributed by atoms with van der Waals surface area (Å²) in [5.41, 5.74) is -0.606. The van der Waals surface area contributed by atoms with E-state index in [1.54, 1.807) is 13.8 Å². The zero-order chi connectivity index (χ0) is 18.7. The lowest BCUT2D eigenvalue weighted by molar-refractivity contribution is -0.175. The first kappa shape index (κ1) is 21.1. The monoisotopic (exact) mass is 357 g/mol.